The maximum absolute atomic E-state index is 13.2. The fourth-order valence-corrected chi connectivity index (χ4v) is 2.67. The second-order valence-electron chi connectivity index (χ2n) is 6.45. The maximum atomic E-state index is 13.2. The molecular formula is C21H21FN4O. The van der Waals surface area contributed by atoms with Crippen LogP contribution in [0.1, 0.15) is 29.8 Å². The van der Waals surface area contributed by atoms with Gasteiger partial charge in [-0.3, -0.25) is 4.79 Å². The Kier molecular flexibility index (Phi) is 5.76. The van der Waals surface area contributed by atoms with Gasteiger partial charge in [0, 0.05) is 18.2 Å². The number of carbonyl (C=O) groups is 1. The number of benzene rings is 2. The molecule has 0 aliphatic heterocycles. The molecule has 1 aromatic heterocycles. The number of halogens is 1. The topological polar surface area (TPSA) is 58.1 Å². The highest BCUT2D eigenvalue weighted by Gasteiger charge is 2.14. The normalized spacial score (nSPS) is 10.7. The van der Waals surface area contributed by atoms with Crippen molar-refractivity contribution in [1.29, 1.82) is 0 Å². The second-order valence-corrected chi connectivity index (χ2v) is 6.45. The van der Waals surface area contributed by atoms with Crippen molar-refractivity contribution in [3.05, 3.63) is 83.7 Å². The summed E-state index contributed by atoms with van der Waals surface area (Å²) in [4.78, 5) is 14.3. The van der Waals surface area contributed by atoms with Crippen molar-refractivity contribution in [2.24, 2.45) is 0 Å². The molecule has 1 amide bonds. The first-order chi connectivity index (χ1) is 13.0. The number of nitrogens with zero attached hydrogens (tertiary/aromatic N) is 3. The first kappa shape index (κ1) is 18.5. The lowest BCUT2D eigenvalue weighted by Crippen LogP contribution is -2.31. The van der Waals surface area contributed by atoms with E-state index in [1.165, 1.54) is 23.8 Å². The summed E-state index contributed by atoms with van der Waals surface area (Å²) in [5, 5.41) is 11.0. The molecule has 0 aliphatic rings. The summed E-state index contributed by atoms with van der Waals surface area (Å²) < 4.78 is 13.2. The first-order valence-corrected chi connectivity index (χ1v) is 8.74. The van der Waals surface area contributed by atoms with E-state index in [9.17, 15) is 9.18 Å². The predicted molar refractivity (Wildman–Crippen MR) is 104 cm³/mol. The van der Waals surface area contributed by atoms with Gasteiger partial charge >= 0.3 is 0 Å². The molecule has 0 unspecified atom stereocenters. The van der Waals surface area contributed by atoms with Crippen molar-refractivity contribution in [2.75, 3.05) is 10.2 Å². The van der Waals surface area contributed by atoms with E-state index in [2.05, 4.69) is 46.4 Å². The lowest BCUT2D eigenvalue weighted by Gasteiger charge is -2.27. The highest BCUT2D eigenvalue weighted by molar-refractivity contribution is 6.03. The lowest BCUT2D eigenvalue weighted by molar-refractivity contribution is 0.102. The third kappa shape index (κ3) is 4.88. The number of nitrogens with one attached hydrogen (secondary N) is 1. The number of rotatable bonds is 6. The van der Waals surface area contributed by atoms with Gasteiger partial charge < -0.3 is 10.2 Å². The van der Waals surface area contributed by atoms with Crippen LogP contribution in [0, 0.1) is 5.82 Å². The predicted octanol–water partition coefficient (Wildman–Crippen LogP) is 4.28. The van der Waals surface area contributed by atoms with Crippen LogP contribution < -0.4 is 10.2 Å². The van der Waals surface area contributed by atoms with Crippen LogP contribution in [0.3, 0.4) is 0 Å². The number of amides is 1. The minimum absolute atomic E-state index is 0.229. The molecule has 1 heterocycles. The zero-order chi connectivity index (χ0) is 19.2. The number of hydrogen-bond donors (Lipinski definition) is 1. The van der Waals surface area contributed by atoms with E-state index in [4.69, 9.17) is 0 Å². The second kappa shape index (κ2) is 8.40. The average Bonchev–Trinajstić information content (AvgIpc) is 2.67. The Morgan fingerprint density at radius 1 is 1.04 bits per heavy atom. The quantitative estimate of drug-likeness (QED) is 0.709. The molecule has 6 heteroatoms. The molecule has 0 aliphatic carbocycles. The van der Waals surface area contributed by atoms with Crippen LogP contribution in [0.4, 0.5) is 16.0 Å². The standard InChI is InChI=1S/C21H21FN4O/c1-15(2)26(14-16-7-4-3-5-8-16)20-12-11-19(24-25-20)23-21(27)17-9-6-10-18(22)13-17/h3-13,15H,14H2,1-2H3,(H,23,24,27). The van der Waals surface area contributed by atoms with E-state index in [1.807, 2.05) is 24.3 Å². The fourth-order valence-electron chi connectivity index (χ4n) is 2.67. The van der Waals surface area contributed by atoms with E-state index in [0.717, 1.165) is 5.82 Å². The summed E-state index contributed by atoms with van der Waals surface area (Å²) in [5.74, 6) is 0.146. The molecule has 0 radical (unpaired) electrons. The molecule has 0 bridgehead atoms. The van der Waals surface area contributed by atoms with Crippen molar-refractivity contribution in [3.63, 3.8) is 0 Å². The maximum Gasteiger partial charge on any atom is 0.256 e. The molecule has 1 N–H and O–H groups in total. The first-order valence-electron chi connectivity index (χ1n) is 8.74. The SMILES string of the molecule is CC(C)N(Cc1ccccc1)c1ccc(NC(=O)c2cccc(F)c2)nn1. The zero-order valence-electron chi connectivity index (χ0n) is 15.3. The van der Waals surface area contributed by atoms with E-state index < -0.39 is 11.7 Å². The largest absolute Gasteiger partial charge is 0.348 e. The molecule has 0 atom stereocenters. The van der Waals surface area contributed by atoms with Gasteiger partial charge in [0.05, 0.1) is 0 Å². The van der Waals surface area contributed by atoms with Crippen LogP contribution in [0.15, 0.2) is 66.7 Å². The van der Waals surface area contributed by atoms with E-state index in [0.29, 0.717) is 12.4 Å². The highest BCUT2D eigenvalue weighted by Crippen LogP contribution is 2.18. The van der Waals surface area contributed by atoms with Crippen molar-refractivity contribution >= 4 is 17.5 Å². The monoisotopic (exact) mass is 364 g/mol. The molecule has 0 fully saturated rings. The number of anilines is 2. The molecule has 0 spiro atoms. The van der Waals surface area contributed by atoms with Crippen LogP contribution in [-0.4, -0.2) is 22.1 Å². The number of carbonyl (C=O) groups excluding carboxylic acids is 1. The summed E-state index contributed by atoms with van der Waals surface area (Å²) in [6, 6.07) is 19.4. The van der Waals surface area contributed by atoms with Gasteiger partial charge in [0.25, 0.3) is 5.91 Å². The Bertz CT molecular complexity index is 898. The average molecular weight is 364 g/mol. The Morgan fingerprint density at radius 2 is 1.81 bits per heavy atom. The molecule has 0 saturated heterocycles. The minimum atomic E-state index is -0.461. The van der Waals surface area contributed by atoms with E-state index >= 15 is 0 Å². The summed E-state index contributed by atoms with van der Waals surface area (Å²) in [6.07, 6.45) is 0. The van der Waals surface area contributed by atoms with Gasteiger partial charge in [-0.25, -0.2) is 4.39 Å². The van der Waals surface area contributed by atoms with E-state index in [-0.39, 0.29) is 11.6 Å². The van der Waals surface area contributed by atoms with Gasteiger partial charge in [-0.05, 0) is 49.7 Å². The van der Waals surface area contributed by atoms with Crippen molar-refractivity contribution in [2.45, 2.75) is 26.4 Å². The molecule has 138 valence electrons. The summed E-state index contributed by atoms with van der Waals surface area (Å²) in [6.45, 7) is 4.89. The smallest absolute Gasteiger partial charge is 0.256 e. The molecule has 2 aromatic carbocycles. The Morgan fingerprint density at radius 3 is 2.44 bits per heavy atom. The summed E-state index contributed by atoms with van der Waals surface area (Å²) >= 11 is 0. The Hall–Kier alpha value is -3.28. The highest BCUT2D eigenvalue weighted by atomic mass is 19.1. The number of aromatic nitrogens is 2. The number of hydrogen-bond acceptors (Lipinski definition) is 4. The van der Waals surface area contributed by atoms with Gasteiger partial charge in [-0.1, -0.05) is 36.4 Å². The van der Waals surface area contributed by atoms with Crippen LogP contribution in [0.25, 0.3) is 0 Å². The van der Waals surface area contributed by atoms with Gasteiger partial charge in [-0.2, -0.15) is 0 Å². The third-order valence-corrected chi connectivity index (χ3v) is 4.09. The van der Waals surface area contributed by atoms with E-state index in [1.54, 1.807) is 12.1 Å². The van der Waals surface area contributed by atoms with Crippen LogP contribution in [0.2, 0.25) is 0 Å². The molecule has 0 saturated carbocycles. The van der Waals surface area contributed by atoms with Crippen LogP contribution in [-0.2, 0) is 6.54 Å². The molecule has 27 heavy (non-hydrogen) atoms. The summed E-state index contributed by atoms with van der Waals surface area (Å²) in [5.41, 5.74) is 1.41. The van der Waals surface area contributed by atoms with Crippen molar-refractivity contribution < 1.29 is 9.18 Å². The minimum Gasteiger partial charge on any atom is -0.348 e. The fraction of sp³-hybridized carbons (Fsp3) is 0.190. The zero-order valence-corrected chi connectivity index (χ0v) is 15.3. The van der Waals surface area contributed by atoms with Crippen molar-refractivity contribution in [3.8, 4) is 0 Å². The molecule has 3 aromatic rings. The molecular weight excluding hydrogens is 343 g/mol. The Balaban J connectivity index is 1.72. The van der Waals surface area contributed by atoms with Gasteiger partial charge in [-0.15, -0.1) is 10.2 Å². The van der Waals surface area contributed by atoms with Crippen LogP contribution >= 0.6 is 0 Å². The molecule has 5 nitrogen and oxygen atoms in total. The third-order valence-electron chi connectivity index (χ3n) is 4.09. The van der Waals surface area contributed by atoms with Gasteiger partial charge in [0.1, 0.15) is 5.82 Å². The van der Waals surface area contributed by atoms with Crippen molar-refractivity contribution in [1.82, 2.24) is 10.2 Å². The van der Waals surface area contributed by atoms with Gasteiger partial charge in [0.15, 0.2) is 11.6 Å². The Labute approximate surface area is 157 Å². The van der Waals surface area contributed by atoms with Gasteiger partial charge in [0.2, 0.25) is 0 Å². The molecule has 3 rings (SSSR count). The van der Waals surface area contributed by atoms with Crippen LogP contribution in [0.5, 0.6) is 0 Å². The lowest BCUT2D eigenvalue weighted by atomic mass is 10.2. The summed E-state index contributed by atoms with van der Waals surface area (Å²) in [7, 11) is 0.